The average molecular weight is 375 g/mol. The van der Waals surface area contributed by atoms with E-state index in [1.165, 1.54) is 0 Å². The molecule has 9 heteroatoms. The molecule has 1 fully saturated rings. The van der Waals surface area contributed by atoms with Crippen molar-refractivity contribution in [3.05, 3.63) is 41.7 Å². The standard InChI is InChI=1S/C18H20N6O2.Na/c1-10-21-16-13-4-2-3-5-14(13)26-17(16)18(22-10)24-8-11(6-12(24)9-25)7-15(19)23-20;/h2-5,11-12,20,25H,6-9H2,1H3,(H-,19,23);/q-2;+1. The van der Waals surface area contributed by atoms with Crippen LogP contribution in [-0.2, 0) is 0 Å². The Labute approximate surface area is 178 Å². The van der Waals surface area contributed by atoms with Gasteiger partial charge in [-0.15, -0.1) is 5.84 Å². The molecule has 2 atom stereocenters. The molecule has 27 heavy (non-hydrogen) atoms. The summed E-state index contributed by atoms with van der Waals surface area (Å²) in [6.45, 7) is 2.47. The summed E-state index contributed by atoms with van der Waals surface area (Å²) in [5.41, 5.74) is 9.81. The second-order valence-corrected chi connectivity index (χ2v) is 6.72. The molecule has 0 aliphatic carbocycles. The number of aliphatic hydroxyl groups is 1. The number of aryl methyl sites for hydroxylation is 1. The van der Waals surface area contributed by atoms with Crippen LogP contribution in [0.4, 0.5) is 5.82 Å². The van der Waals surface area contributed by atoms with Crippen molar-refractivity contribution in [3.8, 4) is 0 Å². The average Bonchev–Trinajstić information content (AvgIpc) is 3.22. The van der Waals surface area contributed by atoms with Gasteiger partial charge in [0.15, 0.2) is 11.4 Å². The van der Waals surface area contributed by atoms with Crippen molar-refractivity contribution in [2.45, 2.75) is 25.8 Å². The second-order valence-electron chi connectivity index (χ2n) is 6.72. The number of nitrogens with zero attached hydrogens (tertiary/aromatic N) is 4. The van der Waals surface area contributed by atoms with E-state index < -0.39 is 0 Å². The van der Waals surface area contributed by atoms with Gasteiger partial charge in [-0.25, -0.2) is 9.97 Å². The molecule has 136 valence electrons. The molecule has 3 heterocycles. The minimum atomic E-state index is -0.107. The predicted octanol–water partition coefficient (Wildman–Crippen LogP) is 0.684. The van der Waals surface area contributed by atoms with Crippen LogP contribution in [0.25, 0.3) is 33.6 Å². The van der Waals surface area contributed by atoms with Crippen molar-refractivity contribution in [2.24, 2.45) is 11.0 Å². The third kappa shape index (κ3) is 3.62. The zero-order valence-electron chi connectivity index (χ0n) is 15.4. The summed E-state index contributed by atoms with van der Waals surface area (Å²) in [4.78, 5) is 11.2. The number of hydrogen-bond donors (Lipinski definition) is 1. The van der Waals surface area contributed by atoms with Crippen molar-refractivity contribution in [3.63, 3.8) is 0 Å². The van der Waals surface area contributed by atoms with Crippen LogP contribution in [0.3, 0.4) is 0 Å². The Morgan fingerprint density at radius 3 is 2.89 bits per heavy atom. The number of amidine groups is 1. The number of aliphatic hydroxyl groups excluding tert-OH is 1. The van der Waals surface area contributed by atoms with Crippen LogP contribution in [0.2, 0.25) is 0 Å². The minimum Gasteiger partial charge on any atom is -0.732 e. The molecule has 4 rings (SSSR count). The molecular formula is C18H20N6NaO2-. The first kappa shape index (κ1) is 19.9. The quantitative estimate of drug-likeness (QED) is 0.311. The van der Waals surface area contributed by atoms with E-state index in [-0.39, 0.29) is 54.0 Å². The summed E-state index contributed by atoms with van der Waals surface area (Å²) in [5.74, 6) is 8.51. The van der Waals surface area contributed by atoms with E-state index in [2.05, 4.69) is 15.1 Å². The van der Waals surface area contributed by atoms with Crippen molar-refractivity contribution in [2.75, 3.05) is 18.1 Å². The van der Waals surface area contributed by atoms with Crippen molar-refractivity contribution in [1.29, 1.82) is 0 Å². The Morgan fingerprint density at radius 1 is 1.37 bits per heavy atom. The van der Waals surface area contributed by atoms with E-state index >= 15 is 0 Å². The number of fused-ring (bicyclic) bond motifs is 3. The fourth-order valence-corrected chi connectivity index (χ4v) is 3.79. The van der Waals surface area contributed by atoms with E-state index in [1.807, 2.05) is 36.1 Å². The molecule has 0 bridgehead atoms. The summed E-state index contributed by atoms with van der Waals surface area (Å²) in [6, 6.07) is 7.65. The maximum Gasteiger partial charge on any atom is 1.00 e. The minimum absolute atomic E-state index is 0. The summed E-state index contributed by atoms with van der Waals surface area (Å²) in [5, 5.41) is 14.0. The van der Waals surface area contributed by atoms with Crippen molar-refractivity contribution >= 4 is 33.7 Å². The molecule has 0 amide bonds. The van der Waals surface area contributed by atoms with Gasteiger partial charge in [0.25, 0.3) is 0 Å². The van der Waals surface area contributed by atoms with Gasteiger partial charge in [-0.05, 0) is 37.8 Å². The first-order valence-electron chi connectivity index (χ1n) is 8.59. The number of hydrogen-bond acceptors (Lipinski definition) is 6. The molecule has 3 N–H and O–H groups in total. The van der Waals surface area contributed by atoms with Crippen LogP contribution in [-0.4, -0.2) is 40.1 Å². The first-order valence-corrected chi connectivity index (χ1v) is 8.59. The Morgan fingerprint density at radius 2 is 2.15 bits per heavy atom. The fraction of sp³-hybridized carbons (Fsp3) is 0.389. The van der Waals surface area contributed by atoms with Gasteiger partial charge in [0.2, 0.25) is 0 Å². The predicted molar refractivity (Wildman–Crippen MR) is 101 cm³/mol. The molecule has 3 aromatic rings. The number of furan rings is 1. The summed E-state index contributed by atoms with van der Waals surface area (Å²) < 4.78 is 6.04. The Balaban J connectivity index is 0.00000210. The van der Waals surface area contributed by atoms with Crippen LogP contribution < -0.4 is 34.5 Å². The van der Waals surface area contributed by atoms with Crippen molar-refractivity contribution < 1.29 is 39.1 Å². The van der Waals surface area contributed by atoms with Crippen molar-refractivity contribution in [1.82, 2.24) is 9.97 Å². The SMILES string of the molecule is Cc1nc(N2CC(C/C([NH-])=N/[NH-])CC2CO)c2oc3ccccc3c2n1.[Na+]. The first-order chi connectivity index (χ1) is 12.6. The molecule has 0 radical (unpaired) electrons. The van der Waals surface area contributed by atoms with Gasteiger partial charge in [-0.2, -0.15) is 0 Å². The van der Waals surface area contributed by atoms with Crippen LogP contribution in [0.1, 0.15) is 18.7 Å². The smallest absolute Gasteiger partial charge is 0.732 e. The normalized spacial score (nSPS) is 20.4. The van der Waals surface area contributed by atoms with E-state index in [0.29, 0.717) is 30.2 Å². The summed E-state index contributed by atoms with van der Waals surface area (Å²) in [6.07, 6.45) is 1.14. The topological polar surface area (TPSA) is 122 Å². The molecule has 2 unspecified atom stereocenters. The van der Waals surface area contributed by atoms with Gasteiger partial charge in [0.1, 0.15) is 16.9 Å². The zero-order chi connectivity index (χ0) is 18.3. The van der Waals surface area contributed by atoms with Crippen LogP contribution in [0.15, 0.2) is 33.8 Å². The molecule has 8 nitrogen and oxygen atoms in total. The van der Waals surface area contributed by atoms with Crippen LogP contribution in [0, 0.1) is 12.8 Å². The summed E-state index contributed by atoms with van der Waals surface area (Å²) >= 11 is 0. The maximum absolute atomic E-state index is 9.86. The zero-order valence-corrected chi connectivity index (χ0v) is 17.4. The Bertz CT molecular complexity index is 989. The van der Waals surface area contributed by atoms with Crippen LogP contribution >= 0.6 is 0 Å². The number of para-hydroxylation sites is 1. The third-order valence-corrected chi connectivity index (χ3v) is 4.91. The largest absolute Gasteiger partial charge is 1.00 e. The van der Waals surface area contributed by atoms with E-state index in [1.54, 1.807) is 0 Å². The summed E-state index contributed by atoms with van der Waals surface area (Å²) in [7, 11) is 0. The molecule has 1 aliphatic heterocycles. The van der Waals surface area contributed by atoms with Gasteiger partial charge >= 0.3 is 29.6 Å². The molecule has 1 aromatic carbocycles. The molecule has 0 saturated carbocycles. The van der Waals surface area contributed by atoms with Gasteiger partial charge < -0.3 is 31.1 Å². The maximum atomic E-state index is 9.86. The molecule has 1 aliphatic rings. The second kappa shape index (κ2) is 8.02. The Hall–Kier alpha value is -1.87. The molecule has 0 spiro atoms. The van der Waals surface area contributed by atoms with E-state index in [9.17, 15) is 5.11 Å². The number of rotatable bonds is 4. The fourth-order valence-electron chi connectivity index (χ4n) is 3.79. The molecule has 2 aromatic heterocycles. The Kier molecular flexibility index (Phi) is 5.90. The monoisotopic (exact) mass is 375 g/mol. The molecule has 1 saturated heterocycles. The van der Waals surface area contributed by atoms with Gasteiger partial charge in [0, 0.05) is 11.9 Å². The number of anilines is 1. The van der Waals surface area contributed by atoms with Gasteiger partial charge in [-0.1, -0.05) is 12.1 Å². The third-order valence-electron chi connectivity index (χ3n) is 4.91. The van der Waals surface area contributed by atoms with E-state index in [4.69, 9.17) is 16.0 Å². The number of nitrogens with one attached hydrogen (secondary N) is 2. The number of benzene rings is 1. The number of aromatic nitrogens is 2. The van der Waals surface area contributed by atoms with Crippen LogP contribution in [0.5, 0.6) is 0 Å². The van der Waals surface area contributed by atoms with E-state index in [0.717, 1.165) is 22.9 Å². The van der Waals surface area contributed by atoms with Gasteiger partial charge in [0.05, 0.1) is 12.6 Å². The van der Waals surface area contributed by atoms with Gasteiger partial charge in [-0.3, -0.25) is 0 Å². The molecular weight excluding hydrogens is 355 g/mol.